The average Bonchev–Trinajstić information content (AvgIpc) is 2.30. The van der Waals surface area contributed by atoms with Crippen LogP contribution in [0.1, 0.15) is 6.42 Å². The lowest BCUT2D eigenvalue weighted by atomic mass is 10.2. The van der Waals surface area contributed by atoms with Crippen molar-refractivity contribution in [3.8, 4) is 5.75 Å². The maximum Gasteiger partial charge on any atom is 0.379 e. The maximum atomic E-state index is 11.5. The van der Waals surface area contributed by atoms with E-state index in [1.165, 1.54) is 0 Å². The molecule has 0 atom stereocenters. The van der Waals surface area contributed by atoms with Crippen molar-refractivity contribution in [2.45, 2.75) is 6.42 Å². The Morgan fingerprint density at radius 3 is 2.94 bits per heavy atom. The van der Waals surface area contributed by atoms with Crippen molar-refractivity contribution in [2.24, 2.45) is 5.73 Å². The van der Waals surface area contributed by atoms with Crippen molar-refractivity contribution in [1.29, 1.82) is 0 Å². The molecular weight excluding hydrogens is 206 g/mol. The fourth-order valence-electron chi connectivity index (χ4n) is 1.41. The van der Waals surface area contributed by atoms with Crippen molar-refractivity contribution < 1.29 is 9.15 Å². The first-order valence-corrected chi connectivity index (χ1v) is 5.17. The molecule has 0 unspecified atom stereocenters. The summed E-state index contributed by atoms with van der Waals surface area (Å²) in [7, 11) is 0. The average molecular weight is 219 g/mol. The molecular formula is C12H13NO3. The van der Waals surface area contributed by atoms with Crippen molar-refractivity contribution in [2.75, 3.05) is 13.2 Å². The number of nitrogens with two attached hydrogens (primary N) is 1. The third-order valence-electron chi connectivity index (χ3n) is 2.22. The van der Waals surface area contributed by atoms with Crippen LogP contribution in [0.15, 0.2) is 39.5 Å². The zero-order valence-corrected chi connectivity index (χ0v) is 8.81. The summed E-state index contributed by atoms with van der Waals surface area (Å²) >= 11 is 0. The predicted molar refractivity (Wildman–Crippen MR) is 61.7 cm³/mol. The van der Waals surface area contributed by atoms with Gasteiger partial charge in [0.05, 0.1) is 6.61 Å². The normalized spacial score (nSPS) is 10.6. The van der Waals surface area contributed by atoms with Crippen LogP contribution in [0.5, 0.6) is 5.75 Å². The fourth-order valence-corrected chi connectivity index (χ4v) is 1.41. The molecule has 2 aromatic rings. The molecule has 16 heavy (non-hydrogen) atoms. The molecule has 84 valence electrons. The van der Waals surface area contributed by atoms with Gasteiger partial charge in [-0.25, -0.2) is 4.79 Å². The van der Waals surface area contributed by atoms with Crippen LogP contribution in [-0.4, -0.2) is 13.2 Å². The molecule has 1 aromatic carbocycles. The lowest BCUT2D eigenvalue weighted by Gasteiger charge is -2.04. The van der Waals surface area contributed by atoms with E-state index >= 15 is 0 Å². The maximum absolute atomic E-state index is 11.5. The highest BCUT2D eigenvalue weighted by Crippen LogP contribution is 2.16. The van der Waals surface area contributed by atoms with Gasteiger partial charge in [-0.2, -0.15) is 0 Å². The van der Waals surface area contributed by atoms with E-state index in [1.54, 1.807) is 12.1 Å². The number of hydrogen-bond acceptors (Lipinski definition) is 4. The van der Waals surface area contributed by atoms with Crippen LogP contribution < -0.4 is 16.1 Å². The Kier molecular flexibility index (Phi) is 3.22. The third kappa shape index (κ3) is 2.23. The molecule has 0 saturated carbocycles. The molecule has 0 aliphatic rings. The monoisotopic (exact) mass is 219 g/mol. The first kappa shape index (κ1) is 10.7. The summed E-state index contributed by atoms with van der Waals surface area (Å²) in [5, 5.41) is 0.852. The topological polar surface area (TPSA) is 65.5 Å². The van der Waals surface area contributed by atoms with E-state index in [-0.39, 0.29) is 5.75 Å². The zero-order valence-electron chi connectivity index (χ0n) is 8.81. The Hall–Kier alpha value is -1.81. The van der Waals surface area contributed by atoms with Crippen molar-refractivity contribution in [3.05, 3.63) is 40.8 Å². The van der Waals surface area contributed by atoms with Crippen LogP contribution in [0.4, 0.5) is 0 Å². The quantitative estimate of drug-likeness (QED) is 0.625. The van der Waals surface area contributed by atoms with E-state index in [0.29, 0.717) is 25.2 Å². The molecule has 0 radical (unpaired) electrons. The van der Waals surface area contributed by atoms with Gasteiger partial charge in [-0.1, -0.05) is 18.2 Å². The summed E-state index contributed by atoms with van der Waals surface area (Å²) in [6, 6.07) is 9.01. The number of ether oxygens (including phenoxy) is 1. The molecule has 1 heterocycles. The molecule has 2 N–H and O–H groups in total. The minimum Gasteiger partial charge on any atom is -0.486 e. The first-order valence-electron chi connectivity index (χ1n) is 5.17. The van der Waals surface area contributed by atoms with E-state index in [0.717, 1.165) is 5.39 Å². The number of para-hydroxylation sites is 1. The Morgan fingerprint density at radius 1 is 1.31 bits per heavy atom. The van der Waals surface area contributed by atoms with Gasteiger partial charge in [-0.3, -0.25) is 0 Å². The van der Waals surface area contributed by atoms with E-state index in [1.807, 2.05) is 18.2 Å². The van der Waals surface area contributed by atoms with Crippen LogP contribution in [0.2, 0.25) is 0 Å². The molecule has 4 nitrogen and oxygen atoms in total. The van der Waals surface area contributed by atoms with Gasteiger partial charge in [-0.15, -0.1) is 0 Å². The molecule has 0 saturated heterocycles. The molecule has 0 spiro atoms. The second-order valence-electron chi connectivity index (χ2n) is 3.43. The number of hydrogen-bond donors (Lipinski definition) is 1. The second-order valence-corrected chi connectivity index (χ2v) is 3.43. The van der Waals surface area contributed by atoms with Gasteiger partial charge in [0.15, 0.2) is 0 Å². The highest BCUT2D eigenvalue weighted by molar-refractivity contribution is 5.77. The Bertz CT molecular complexity index is 533. The summed E-state index contributed by atoms with van der Waals surface area (Å²) in [6.07, 6.45) is 0.715. The van der Waals surface area contributed by atoms with E-state index in [4.69, 9.17) is 14.9 Å². The van der Waals surface area contributed by atoms with E-state index in [9.17, 15) is 4.79 Å². The van der Waals surface area contributed by atoms with Crippen molar-refractivity contribution in [1.82, 2.24) is 0 Å². The van der Waals surface area contributed by atoms with Crippen molar-refractivity contribution >= 4 is 11.0 Å². The molecule has 0 amide bonds. The van der Waals surface area contributed by atoms with Crippen LogP contribution in [-0.2, 0) is 0 Å². The number of benzene rings is 1. The predicted octanol–water partition coefficient (Wildman–Crippen LogP) is 1.52. The SMILES string of the molecule is NCCCOc1cc2ccccc2oc1=O. The van der Waals surface area contributed by atoms with Crippen LogP contribution in [0, 0.1) is 0 Å². The molecule has 2 rings (SSSR count). The van der Waals surface area contributed by atoms with Gasteiger partial charge in [0.25, 0.3) is 0 Å². The largest absolute Gasteiger partial charge is 0.486 e. The van der Waals surface area contributed by atoms with Gasteiger partial charge in [0.1, 0.15) is 5.58 Å². The van der Waals surface area contributed by atoms with E-state index in [2.05, 4.69) is 0 Å². The summed E-state index contributed by atoms with van der Waals surface area (Å²) < 4.78 is 10.4. The standard InChI is InChI=1S/C12H13NO3/c13-6-3-7-15-11-8-9-4-1-2-5-10(9)16-12(11)14/h1-2,4-5,8H,3,6-7,13H2. The molecule has 4 heteroatoms. The van der Waals surface area contributed by atoms with Crippen molar-refractivity contribution in [3.63, 3.8) is 0 Å². The highest BCUT2D eigenvalue weighted by atomic mass is 16.5. The minimum absolute atomic E-state index is 0.243. The van der Waals surface area contributed by atoms with Gasteiger partial charge < -0.3 is 14.9 Å². The van der Waals surface area contributed by atoms with Crippen LogP contribution in [0.3, 0.4) is 0 Å². The zero-order chi connectivity index (χ0) is 11.4. The molecule has 0 fully saturated rings. The summed E-state index contributed by atoms with van der Waals surface area (Å²) in [6.45, 7) is 0.971. The summed E-state index contributed by atoms with van der Waals surface area (Å²) in [4.78, 5) is 11.5. The smallest absolute Gasteiger partial charge is 0.379 e. The summed E-state index contributed by atoms with van der Waals surface area (Å²) in [5.74, 6) is 0.243. The fraction of sp³-hybridized carbons (Fsp3) is 0.250. The van der Waals surface area contributed by atoms with Gasteiger partial charge in [-0.05, 0) is 25.1 Å². The van der Waals surface area contributed by atoms with Gasteiger partial charge in [0, 0.05) is 5.39 Å². The molecule has 0 aliphatic heterocycles. The highest BCUT2D eigenvalue weighted by Gasteiger charge is 2.05. The molecule has 0 aliphatic carbocycles. The Labute approximate surface area is 92.6 Å². The summed E-state index contributed by atoms with van der Waals surface area (Å²) in [5.41, 5.74) is 5.46. The van der Waals surface area contributed by atoms with Gasteiger partial charge >= 0.3 is 5.63 Å². The van der Waals surface area contributed by atoms with Crippen LogP contribution in [0.25, 0.3) is 11.0 Å². The molecule has 0 bridgehead atoms. The lowest BCUT2D eigenvalue weighted by Crippen LogP contribution is -2.11. The lowest BCUT2D eigenvalue weighted by molar-refractivity contribution is 0.298. The third-order valence-corrected chi connectivity index (χ3v) is 2.22. The van der Waals surface area contributed by atoms with Gasteiger partial charge in [0.2, 0.25) is 5.75 Å². The van der Waals surface area contributed by atoms with Crippen LogP contribution >= 0.6 is 0 Å². The first-order chi connectivity index (χ1) is 7.81. The molecule has 1 aromatic heterocycles. The Balaban J connectivity index is 2.31. The Morgan fingerprint density at radius 2 is 2.12 bits per heavy atom. The van der Waals surface area contributed by atoms with E-state index < -0.39 is 5.63 Å². The second kappa shape index (κ2) is 4.81. The number of rotatable bonds is 4. The number of fused-ring (bicyclic) bond motifs is 1. The minimum atomic E-state index is -0.448.